The van der Waals surface area contributed by atoms with Crippen LogP contribution in [0.1, 0.15) is 11.4 Å². The third-order valence-electron chi connectivity index (χ3n) is 2.90. The highest BCUT2D eigenvalue weighted by atomic mass is 35.5. The minimum Gasteiger partial charge on any atom is -0.306 e. The van der Waals surface area contributed by atoms with Gasteiger partial charge in [-0.15, -0.1) is 0 Å². The normalized spacial score (nSPS) is 11.3. The van der Waals surface area contributed by atoms with Crippen LogP contribution < -0.4 is 5.56 Å². The molecule has 0 aliphatic rings. The molecule has 0 spiro atoms. The Morgan fingerprint density at radius 3 is 2.90 bits per heavy atom. The van der Waals surface area contributed by atoms with Gasteiger partial charge in [0.2, 0.25) is 0 Å². The van der Waals surface area contributed by atoms with Crippen molar-refractivity contribution in [2.45, 2.75) is 0 Å². The molecule has 0 bridgehead atoms. The minimum absolute atomic E-state index is 0.0429. The molecule has 0 amide bonds. The monoisotopic (exact) mass is 301 g/mol. The van der Waals surface area contributed by atoms with Crippen molar-refractivity contribution in [3.05, 3.63) is 69.2 Å². The van der Waals surface area contributed by atoms with E-state index in [1.807, 2.05) is 0 Å². The number of rotatable bonds is 2. The van der Waals surface area contributed by atoms with Crippen LogP contribution in [0.2, 0.25) is 5.02 Å². The summed E-state index contributed by atoms with van der Waals surface area (Å²) in [7, 11) is 0. The molecule has 1 N–H and O–H groups in total. The van der Waals surface area contributed by atoms with E-state index < -0.39 is 5.82 Å². The highest BCUT2D eigenvalue weighted by Crippen LogP contribution is 2.17. The maximum atomic E-state index is 13.1. The molecule has 0 radical (unpaired) electrons. The van der Waals surface area contributed by atoms with Gasteiger partial charge in [-0.1, -0.05) is 23.7 Å². The first-order chi connectivity index (χ1) is 10.1. The highest BCUT2D eigenvalue weighted by molar-refractivity contribution is 6.30. The largest absolute Gasteiger partial charge is 0.306 e. The van der Waals surface area contributed by atoms with Gasteiger partial charge in [-0.3, -0.25) is 9.78 Å². The van der Waals surface area contributed by atoms with Crippen molar-refractivity contribution in [2.75, 3.05) is 0 Å². The molecule has 6 heteroatoms. The number of aromatic nitrogens is 3. The average Bonchev–Trinajstić information content (AvgIpc) is 2.49. The fourth-order valence-corrected chi connectivity index (χ4v) is 2.07. The third kappa shape index (κ3) is 2.83. The topological polar surface area (TPSA) is 58.6 Å². The molecule has 3 rings (SSSR count). The van der Waals surface area contributed by atoms with Crippen LogP contribution in [0.3, 0.4) is 0 Å². The van der Waals surface area contributed by atoms with E-state index >= 15 is 0 Å². The van der Waals surface area contributed by atoms with Crippen LogP contribution in [0.25, 0.3) is 23.1 Å². The van der Waals surface area contributed by atoms with Gasteiger partial charge in [0.05, 0.1) is 22.1 Å². The summed E-state index contributed by atoms with van der Waals surface area (Å²) in [5.74, 6) is -0.0851. The summed E-state index contributed by atoms with van der Waals surface area (Å²) in [4.78, 5) is 22.8. The molecule has 0 aliphatic carbocycles. The summed E-state index contributed by atoms with van der Waals surface area (Å²) >= 11 is 5.71. The zero-order valence-corrected chi connectivity index (χ0v) is 11.4. The van der Waals surface area contributed by atoms with Crippen molar-refractivity contribution >= 4 is 34.7 Å². The number of halogens is 2. The number of hydrogen-bond acceptors (Lipinski definition) is 3. The number of hydrogen-bond donors (Lipinski definition) is 1. The van der Waals surface area contributed by atoms with E-state index in [1.165, 1.54) is 24.5 Å². The van der Waals surface area contributed by atoms with Crippen molar-refractivity contribution < 1.29 is 4.39 Å². The van der Waals surface area contributed by atoms with E-state index in [9.17, 15) is 9.18 Å². The van der Waals surface area contributed by atoms with Gasteiger partial charge in [-0.2, -0.15) is 0 Å². The van der Waals surface area contributed by atoms with Crippen LogP contribution in [0, 0.1) is 5.82 Å². The molecule has 0 saturated carbocycles. The molecule has 1 aromatic carbocycles. The quantitative estimate of drug-likeness (QED) is 0.790. The minimum atomic E-state index is -0.475. The van der Waals surface area contributed by atoms with Crippen molar-refractivity contribution in [3.8, 4) is 0 Å². The molecule has 3 aromatic rings. The van der Waals surface area contributed by atoms with E-state index in [2.05, 4.69) is 15.0 Å². The number of nitrogens with zero attached hydrogens (tertiary/aromatic N) is 2. The molecule has 21 heavy (non-hydrogen) atoms. The van der Waals surface area contributed by atoms with Gasteiger partial charge < -0.3 is 4.98 Å². The first-order valence-electron chi connectivity index (χ1n) is 6.11. The Labute approximate surface area is 123 Å². The molecular weight excluding hydrogens is 293 g/mol. The Bertz CT molecular complexity index is 905. The summed E-state index contributed by atoms with van der Waals surface area (Å²) in [5, 5.41) is 0.522. The van der Waals surface area contributed by atoms with Gasteiger partial charge in [-0.05, 0) is 29.8 Å². The molecule has 0 fully saturated rings. The second-order valence-corrected chi connectivity index (χ2v) is 4.76. The summed E-state index contributed by atoms with van der Waals surface area (Å²) in [6, 6.07) is 5.96. The molecule has 0 aliphatic heterocycles. The van der Waals surface area contributed by atoms with Gasteiger partial charge in [0.15, 0.2) is 0 Å². The highest BCUT2D eigenvalue weighted by Gasteiger charge is 2.02. The number of aromatic amines is 1. The third-order valence-corrected chi connectivity index (χ3v) is 3.19. The molecular formula is C15H9ClFN3O. The van der Waals surface area contributed by atoms with Crippen LogP contribution in [0.4, 0.5) is 4.39 Å². The van der Waals surface area contributed by atoms with E-state index in [4.69, 9.17) is 11.6 Å². The van der Waals surface area contributed by atoms with E-state index in [1.54, 1.807) is 24.3 Å². The van der Waals surface area contributed by atoms with Crippen molar-refractivity contribution in [2.24, 2.45) is 0 Å². The number of benzene rings is 1. The van der Waals surface area contributed by atoms with E-state index in [0.717, 1.165) is 0 Å². The zero-order valence-electron chi connectivity index (χ0n) is 10.7. The SMILES string of the molecule is O=c1[nH]c(C=Cc2ccc(F)c(Cl)c2)nc2cnccc12. The number of pyridine rings is 1. The van der Waals surface area contributed by atoms with Gasteiger partial charge in [0.1, 0.15) is 11.6 Å². The molecule has 0 saturated heterocycles. The lowest BCUT2D eigenvalue weighted by molar-refractivity contribution is 0.628. The summed E-state index contributed by atoms with van der Waals surface area (Å²) in [5.41, 5.74) is 0.979. The van der Waals surface area contributed by atoms with E-state index in [-0.39, 0.29) is 10.6 Å². The predicted molar refractivity (Wildman–Crippen MR) is 80.5 cm³/mol. The standard InChI is InChI=1S/C15H9ClFN3O/c16-11-7-9(1-3-12(11)17)2-4-14-19-13-8-18-6-5-10(13)15(21)20-14/h1-8H,(H,19,20,21). The van der Waals surface area contributed by atoms with Crippen LogP contribution >= 0.6 is 11.6 Å². The van der Waals surface area contributed by atoms with Crippen LogP contribution in [-0.4, -0.2) is 15.0 Å². The molecule has 0 unspecified atom stereocenters. The van der Waals surface area contributed by atoms with Crippen LogP contribution in [0.5, 0.6) is 0 Å². The Hall–Kier alpha value is -2.53. The fraction of sp³-hybridized carbons (Fsp3) is 0. The lowest BCUT2D eigenvalue weighted by Crippen LogP contribution is -2.09. The summed E-state index contributed by atoms with van der Waals surface area (Å²) in [6.45, 7) is 0. The van der Waals surface area contributed by atoms with Gasteiger partial charge in [0, 0.05) is 6.20 Å². The van der Waals surface area contributed by atoms with E-state index in [0.29, 0.717) is 22.3 Å². The maximum Gasteiger partial charge on any atom is 0.259 e. The lowest BCUT2D eigenvalue weighted by Gasteiger charge is -1.99. The zero-order chi connectivity index (χ0) is 14.8. The Morgan fingerprint density at radius 1 is 1.24 bits per heavy atom. The molecule has 4 nitrogen and oxygen atoms in total. The van der Waals surface area contributed by atoms with Crippen molar-refractivity contribution in [1.82, 2.24) is 15.0 Å². The van der Waals surface area contributed by atoms with Gasteiger partial charge in [-0.25, -0.2) is 9.37 Å². The molecule has 2 heterocycles. The summed E-state index contributed by atoms with van der Waals surface area (Å²) < 4.78 is 13.1. The molecule has 2 aromatic heterocycles. The number of fused-ring (bicyclic) bond motifs is 1. The Morgan fingerprint density at radius 2 is 2.10 bits per heavy atom. The maximum absolute atomic E-state index is 13.1. The smallest absolute Gasteiger partial charge is 0.259 e. The molecule has 104 valence electrons. The second kappa shape index (κ2) is 5.46. The van der Waals surface area contributed by atoms with Gasteiger partial charge >= 0.3 is 0 Å². The number of H-pyrrole nitrogens is 1. The fourth-order valence-electron chi connectivity index (χ4n) is 1.88. The Balaban J connectivity index is 1.99. The average molecular weight is 302 g/mol. The van der Waals surface area contributed by atoms with Crippen molar-refractivity contribution in [3.63, 3.8) is 0 Å². The van der Waals surface area contributed by atoms with Crippen LogP contribution in [0.15, 0.2) is 41.5 Å². The Kier molecular flexibility index (Phi) is 3.50. The first kappa shape index (κ1) is 13.5. The summed E-state index contributed by atoms with van der Waals surface area (Å²) in [6.07, 6.45) is 6.37. The van der Waals surface area contributed by atoms with Crippen molar-refractivity contribution in [1.29, 1.82) is 0 Å². The predicted octanol–water partition coefficient (Wildman–Crippen LogP) is 3.28. The second-order valence-electron chi connectivity index (χ2n) is 4.35. The molecule has 0 atom stereocenters. The van der Waals surface area contributed by atoms with Crippen LogP contribution in [-0.2, 0) is 0 Å². The number of nitrogens with one attached hydrogen (secondary N) is 1. The lowest BCUT2D eigenvalue weighted by atomic mass is 10.2. The van der Waals surface area contributed by atoms with Gasteiger partial charge in [0.25, 0.3) is 5.56 Å². The first-order valence-corrected chi connectivity index (χ1v) is 6.48.